The monoisotopic (exact) mass is 131 g/mol. The van der Waals surface area contributed by atoms with Crippen LogP contribution in [-0.2, 0) is 4.79 Å². The van der Waals surface area contributed by atoms with Crippen LogP contribution in [0, 0.1) is 0 Å². The third kappa shape index (κ3) is 2.69. The Morgan fingerprint density at radius 1 is 1.78 bits per heavy atom. The van der Waals surface area contributed by atoms with Crippen molar-refractivity contribution >= 4 is 12.5 Å². The second kappa shape index (κ2) is 3.88. The van der Waals surface area contributed by atoms with Gasteiger partial charge in [0.15, 0.2) is 0 Å². The van der Waals surface area contributed by atoms with Gasteiger partial charge in [-0.15, -0.1) is 0 Å². The quantitative estimate of drug-likeness (QED) is 0.568. The molecule has 0 unspecified atom stereocenters. The van der Waals surface area contributed by atoms with E-state index >= 15 is 0 Å². The first kappa shape index (κ1) is 7.94. The lowest BCUT2D eigenvalue weighted by molar-refractivity contribution is -0.116. The first-order valence-electron chi connectivity index (χ1n) is 2.67. The average molecular weight is 131 g/mol. The third-order valence-corrected chi connectivity index (χ3v) is 0.837. The summed E-state index contributed by atoms with van der Waals surface area (Å²) in [5.74, 6) is 0. The largest absolute Gasteiger partial charge is 0.465 e. The molecule has 0 aromatic rings. The molecule has 0 aliphatic carbocycles. The number of nitrogens with zero attached hydrogens (tertiary/aromatic N) is 1. The molecule has 0 rings (SSSR count). The van der Waals surface area contributed by atoms with Crippen molar-refractivity contribution in [3.8, 4) is 0 Å². The van der Waals surface area contributed by atoms with Gasteiger partial charge < -0.3 is 5.11 Å². The highest BCUT2D eigenvalue weighted by Gasteiger charge is 2.06. The summed E-state index contributed by atoms with van der Waals surface area (Å²) in [6.07, 6.45) is -0.219. The van der Waals surface area contributed by atoms with Gasteiger partial charge in [-0.05, 0) is 6.42 Å². The molecule has 0 aliphatic rings. The highest BCUT2D eigenvalue weighted by molar-refractivity contribution is 5.78. The van der Waals surface area contributed by atoms with Crippen molar-refractivity contribution in [3.05, 3.63) is 0 Å². The molecular weight excluding hydrogens is 122 g/mol. The zero-order valence-electron chi connectivity index (χ0n) is 5.20. The highest BCUT2D eigenvalue weighted by Crippen LogP contribution is 1.85. The van der Waals surface area contributed by atoms with Crippen LogP contribution in [0.25, 0.3) is 0 Å². The van der Waals surface area contributed by atoms with E-state index in [0.29, 0.717) is 17.7 Å². The van der Waals surface area contributed by atoms with Crippen LogP contribution in [0.1, 0.15) is 13.3 Å². The van der Waals surface area contributed by atoms with E-state index in [0.717, 1.165) is 0 Å². The minimum absolute atomic E-state index is 0.277. The summed E-state index contributed by atoms with van der Waals surface area (Å²) in [6.45, 7) is 2.08. The molecule has 0 spiro atoms. The van der Waals surface area contributed by atoms with Crippen molar-refractivity contribution in [1.82, 2.24) is 4.90 Å². The average Bonchev–Trinajstić information content (AvgIpc) is 1.82. The zero-order valence-corrected chi connectivity index (χ0v) is 5.20. The Morgan fingerprint density at radius 2 is 2.33 bits per heavy atom. The second-order valence-electron chi connectivity index (χ2n) is 1.58. The number of carbonyl (C=O) groups excluding carboxylic acids is 1. The van der Waals surface area contributed by atoms with Crippen LogP contribution in [-0.4, -0.2) is 29.1 Å². The van der Waals surface area contributed by atoms with Gasteiger partial charge in [0.2, 0.25) is 6.41 Å². The molecule has 4 nitrogen and oxygen atoms in total. The second-order valence-corrected chi connectivity index (χ2v) is 1.58. The lowest BCUT2D eigenvalue weighted by atomic mass is 10.5. The number of carbonyl (C=O) groups is 2. The molecule has 0 saturated carbocycles. The van der Waals surface area contributed by atoms with Gasteiger partial charge in [-0.25, -0.2) is 4.79 Å². The Morgan fingerprint density at radius 3 is 2.44 bits per heavy atom. The number of rotatable bonds is 3. The van der Waals surface area contributed by atoms with Crippen molar-refractivity contribution in [3.63, 3.8) is 0 Å². The van der Waals surface area contributed by atoms with Crippen LogP contribution in [0.5, 0.6) is 0 Å². The maximum absolute atomic E-state index is 10.0. The lowest BCUT2D eigenvalue weighted by Gasteiger charge is -2.07. The maximum atomic E-state index is 10.0. The van der Waals surface area contributed by atoms with Gasteiger partial charge in [0.05, 0.1) is 0 Å². The van der Waals surface area contributed by atoms with Gasteiger partial charge in [0.25, 0.3) is 0 Å². The number of amides is 2. The molecule has 2 amide bonds. The normalized spacial score (nSPS) is 8.56. The van der Waals surface area contributed by atoms with E-state index in [-0.39, 0.29) is 6.54 Å². The van der Waals surface area contributed by atoms with Gasteiger partial charge in [0.1, 0.15) is 0 Å². The van der Waals surface area contributed by atoms with Crippen molar-refractivity contribution in [2.45, 2.75) is 13.3 Å². The van der Waals surface area contributed by atoms with E-state index in [9.17, 15) is 9.59 Å². The van der Waals surface area contributed by atoms with Crippen LogP contribution in [0.4, 0.5) is 4.79 Å². The molecule has 0 heterocycles. The third-order valence-electron chi connectivity index (χ3n) is 0.837. The van der Waals surface area contributed by atoms with Crippen molar-refractivity contribution < 1.29 is 14.7 Å². The summed E-state index contributed by atoms with van der Waals surface area (Å²) < 4.78 is 0. The summed E-state index contributed by atoms with van der Waals surface area (Å²) in [6, 6.07) is 0. The fourth-order valence-electron chi connectivity index (χ4n) is 0.434. The van der Waals surface area contributed by atoms with Crippen molar-refractivity contribution in [2.75, 3.05) is 6.54 Å². The van der Waals surface area contributed by atoms with E-state index < -0.39 is 6.09 Å². The van der Waals surface area contributed by atoms with E-state index in [1.807, 2.05) is 0 Å². The number of carboxylic acid groups (broad SMARTS) is 1. The smallest absolute Gasteiger partial charge is 0.413 e. The standard InChI is InChI=1S/C5H9NO3/c1-2-3-6(4-7)5(8)9/h4H,2-3H2,1H3,(H,8,9). The molecule has 9 heavy (non-hydrogen) atoms. The Bertz CT molecular complexity index is 113. The molecule has 0 radical (unpaired) electrons. The van der Waals surface area contributed by atoms with Crippen LogP contribution >= 0.6 is 0 Å². The van der Waals surface area contributed by atoms with Crippen LogP contribution in [0.3, 0.4) is 0 Å². The van der Waals surface area contributed by atoms with Crippen molar-refractivity contribution in [1.29, 1.82) is 0 Å². The lowest BCUT2D eigenvalue weighted by Crippen LogP contribution is -2.28. The molecule has 1 N–H and O–H groups in total. The first-order chi connectivity index (χ1) is 4.22. The van der Waals surface area contributed by atoms with E-state index in [4.69, 9.17) is 5.11 Å². The molecule has 0 saturated heterocycles. The van der Waals surface area contributed by atoms with Gasteiger partial charge in [0, 0.05) is 6.54 Å². The fourth-order valence-corrected chi connectivity index (χ4v) is 0.434. The molecule has 0 aliphatic heterocycles. The molecule has 0 aromatic heterocycles. The molecule has 0 atom stereocenters. The SMILES string of the molecule is CCCN(C=O)C(=O)O. The molecular formula is C5H9NO3. The summed E-state index contributed by atoms with van der Waals surface area (Å²) in [4.78, 5) is 20.6. The first-order valence-corrected chi connectivity index (χ1v) is 2.67. The van der Waals surface area contributed by atoms with E-state index in [1.54, 1.807) is 6.92 Å². The highest BCUT2D eigenvalue weighted by atomic mass is 16.4. The molecule has 52 valence electrons. The molecule has 0 bridgehead atoms. The Labute approximate surface area is 53.1 Å². The van der Waals surface area contributed by atoms with Crippen molar-refractivity contribution in [2.24, 2.45) is 0 Å². The topological polar surface area (TPSA) is 57.6 Å². The van der Waals surface area contributed by atoms with Gasteiger partial charge in [-0.2, -0.15) is 0 Å². The summed E-state index contributed by atoms with van der Waals surface area (Å²) >= 11 is 0. The molecule has 0 fully saturated rings. The van der Waals surface area contributed by atoms with E-state index in [2.05, 4.69) is 0 Å². The van der Waals surface area contributed by atoms with Crippen LogP contribution < -0.4 is 0 Å². The maximum Gasteiger partial charge on any atom is 0.413 e. The fraction of sp³-hybridized carbons (Fsp3) is 0.600. The predicted molar refractivity (Wildman–Crippen MR) is 31.1 cm³/mol. The Balaban J connectivity index is 3.68. The summed E-state index contributed by atoms with van der Waals surface area (Å²) in [7, 11) is 0. The number of hydrogen-bond donors (Lipinski definition) is 1. The summed E-state index contributed by atoms with van der Waals surface area (Å²) in [5, 5.41) is 8.20. The van der Waals surface area contributed by atoms with Gasteiger partial charge in [-0.3, -0.25) is 9.69 Å². The van der Waals surface area contributed by atoms with Crippen LogP contribution in [0.2, 0.25) is 0 Å². The minimum Gasteiger partial charge on any atom is -0.465 e. The number of hydrogen-bond acceptors (Lipinski definition) is 2. The van der Waals surface area contributed by atoms with E-state index in [1.165, 1.54) is 0 Å². The molecule has 4 heteroatoms. The zero-order chi connectivity index (χ0) is 7.28. The number of imide groups is 1. The minimum atomic E-state index is -1.19. The molecule has 0 aromatic carbocycles. The summed E-state index contributed by atoms with van der Waals surface area (Å²) in [5.41, 5.74) is 0. The predicted octanol–water partition coefficient (Wildman–Crippen LogP) is 0.533. The van der Waals surface area contributed by atoms with Gasteiger partial charge in [-0.1, -0.05) is 6.92 Å². The Hall–Kier alpha value is -1.06. The van der Waals surface area contributed by atoms with Gasteiger partial charge >= 0.3 is 6.09 Å². The van der Waals surface area contributed by atoms with Crippen LogP contribution in [0.15, 0.2) is 0 Å². The Kier molecular flexibility index (Phi) is 3.43.